The molecule has 3 rings (SSSR count). The van der Waals surface area contributed by atoms with Crippen LogP contribution in [0.1, 0.15) is 37.7 Å². The number of pyridine rings is 1. The molecule has 3 atom stereocenters. The molecule has 0 spiro atoms. The van der Waals surface area contributed by atoms with Gasteiger partial charge >= 0.3 is 0 Å². The molecule has 1 aromatic rings. The third kappa shape index (κ3) is 2.44. The molecule has 0 unspecified atom stereocenters. The molecule has 3 nitrogen and oxygen atoms in total. The van der Waals surface area contributed by atoms with Crippen molar-refractivity contribution in [3.05, 3.63) is 24.0 Å². The van der Waals surface area contributed by atoms with E-state index in [4.69, 9.17) is 4.74 Å². The Hall–Kier alpha value is -1.09. The fourth-order valence-electron chi connectivity index (χ4n) is 2.51. The second kappa shape index (κ2) is 4.65. The first-order chi connectivity index (χ1) is 8.36. The van der Waals surface area contributed by atoms with E-state index in [1.165, 1.54) is 24.8 Å². The third-order valence-corrected chi connectivity index (χ3v) is 3.99. The summed E-state index contributed by atoms with van der Waals surface area (Å²) in [6.45, 7) is 4.17. The van der Waals surface area contributed by atoms with Crippen LogP contribution >= 0.6 is 0 Å². The Morgan fingerprint density at radius 3 is 3.00 bits per heavy atom. The van der Waals surface area contributed by atoms with Gasteiger partial charge in [-0.25, -0.2) is 0 Å². The highest BCUT2D eigenvalue weighted by atomic mass is 16.5. The zero-order valence-electron chi connectivity index (χ0n) is 10.4. The number of hydrogen-bond donors (Lipinski definition) is 1. The Balaban J connectivity index is 1.58. The number of nitrogens with zero attached hydrogens (tertiary/aromatic N) is 1. The number of aromatic nitrogens is 1. The summed E-state index contributed by atoms with van der Waals surface area (Å²) in [5, 5.41) is 3.34. The summed E-state index contributed by atoms with van der Waals surface area (Å²) < 4.78 is 5.77. The molecule has 17 heavy (non-hydrogen) atoms. The third-order valence-electron chi connectivity index (χ3n) is 3.99. The quantitative estimate of drug-likeness (QED) is 0.846. The molecule has 3 heteroatoms. The van der Waals surface area contributed by atoms with Gasteiger partial charge in [-0.3, -0.25) is 4.98 Å². The van der Waals surface area contributed by atoms with Crippen molar-refractivity contribution in [2.75, 3.05) is 13.2 Å². The zero-order chi connectivity index (χ0) is 11.7. The molecule has 2 aliphatic rings. The predicted octanol–water partition coefficient (Wildman–Crippen LogP) is 2.34. The molecule has 0 bridgehead atoms. The van der Waals surface area contributed by atoms with E-state index >= 15 is 0 Å². The van der Waals surface area contributed by atoms with Gasteiger partial charge in [-0.15, -0.1) is 0 Å². The van der Waals surface area contributed by atoms with Crippen molar-refractivity contribution in [3.63, 3.8) is 0 Å². The van der Waals surface area contributed by atoms with Crippen molar-refractivity contribution in [1.82, 2.24) is 10.3 Å². The van der Waals surface area contributed by atoms with Gasteiger partial charge < -0.3 is 10.1 Å². The standard InChI is InChI=1S/C14H20N2O/c1-2-10-6-14(10)11-5-13(8-15-7-11)17-9-12-3-4-16-12/h5,7-8,10,12,14,16H,2-4,6,9H2,1H3/t10-,12-,14-/m0/s1. The van der Waals surface area contributed by atoms with E-state index in [0.29, 0.717) is 6.04 Å². The summed E-state index contributed by atoms with van der Waals surface area (Å²) in [5.74, 6) is 2.54. The van der Waals surface area contributed by atoms with Gasteiger partial charge in [0.05, 0.1) is 6.20 Å². The second-order valence-corrected chi connectivity index (χ2v) is 5.22. The van der Waals surface area contributed by atoms with Crippen LogP contribution in [0.15, 0.2) is 18.5 Å². The molecule has 92 valence electrons. The Morgan fingerprint density at radius 2 is 2.35 bits per heavy atom. The minimum Gasteiger partial charge on any atom is -0.490 e. The van der Waals surface area contributed by atoms with Gasteiger partial charge in [0.2, 0.25) is 0 Å². The van der Waals surface area contributed by atoms with Crippen molar-refractivity contribution in [2.45, 2.75) is 38.1 Å². The molecule has 0 amide bonds. The van der Waals surface area contributed by atoms with Gasteiger partial charge in [0.25, 0.3) is 0 Å². The van der Waals surface area contributed by atoms with Gasteiger partial charge in [0.1, 0.15) is 12.4 Å². The van der Waals surface area contributed by atoms with E-state index in [9.17, 15) is 0 Å². The Bertz CT molecular complexity index is 390. The molecular formula is C14H20N2O. The maximum Gasteiger partial charge on any atom is 0.137 e. The smallest absolute Gasteiger partial charge is 0.137 e. The maximum absolute atomic E-state index is 5.77. The topological polar surface area (TPSA) is 34.1 Å². The summed E-state index contributed by atoms with van der Waals surface area (Å²) in [4.78, 5) is 4.29. The first-order valence-electron chi connectivity index (χ1n) is 6.68. The van der Waals surface area contributed by atoms with Crippen molar-refractivity contribution >= 4 is 0 Å². The summed E-state index contributed by atoms with van der Waals surface area (Å²) in [7, 11) is 0. The van der Waals surface area contributed by atoms with Crippen LogP contribution in [0, 0.1) is 5.92 Å². The normalized spacial score (nSPS) is 30.8. The lowest BCUT2D eigenvalue weighted by Gasteiger charge is -2.27. The number of nitrogens with one attached hydrogen (secondary N) is 1. The Labute approximate surface area is 103 Å². The fourth-order valence-corrected chi connectivity index (χ4v) is 2.51. The van der Waals surface area contributed by atoms with Gasteiger partial charge in [-0.1, -0.05) is 13.3 Å². The fraction of sp³-hybridized carbons (Fsp3) is 0.643. The summed E-state index contributed by atoms with van der Waals surface area (Å²) in [5.41, 5.74) is 1.36. The number of hydrogen-bond acceptors (Lipinski definition) is 3. The zero-order valence-corrected chi connectivity index (χ0v) is 10.4. The lowest BCUT2D eigenvalue weighted by Crippen LogP contribution is -2.46. The van der Waals surface area contributed by atoms with Crippen LogP contribution < -0.4 is 10.1 Å². The van der Waals surface area contributed by atoms with Crippen molar-refractivity contribution in [2.24, 2.45) is 5.92 Å². The van der Waals surface area contributed by atoms with Crippen molar-refractivity contribution < 1.29 is 4.74 Å². The van der Waals surface area contributed by atoms with E-state index in [1.54, 1.807) is 0 Å². The highest BCUT2D eigenvalue weighted by molar-refractivity contribution is 5.30. The van der Waals surface area contributed by atoms with E-state index in [2.05, 4.69) is 23.3 Å². The highest BCUT2D eigenvalue weighted by Crippen LogP contribution is 2.49. The minimum absolute atomic E-state index is 0.544. The average Bonchev–Trinajstić information content (AvgIpc) is 3.07. The van der Waals surface area contributed by atoms with Crippen LogP contribution in [0.4, 0.5) is 0 Å². The van der Waals surface area contributed by atoms with E-state index in [1.807, 2.05) is 12.4 Å². The lowest BCUT2D eigenvalue weighted by atomic mass is 10.1. The largest absolute Gasteiger partial charge is 0.490 e. The Morgan fingerprint density at radius 1 is 1.47 bits per heavy atom. The van der Waals surface area contributed by atoms with Gasteiger partial charge in [-0.05, 0) is 42.9 Å². The van der Waals surface area contributed by atoms with E-state index in [-0.39, 0.29) is 0 Å². The molecule has 1 saturated heterocycles. The highest BCUT2D eigenvalue weighted by Gasteiger charge is 2.36. The van der Waals surface area contributed by atoms with Gasteiger partial charge in [0.15, 0.2) is 0 Å². The Kier molecular flexibility index (Phi) is 3.02. The molecule has 0 aromatic carbocycles. The SMILES string of the molecule is CC[C@H]1C[C@@H]1c1cncc(OC[C@@H]2CCN2)c1. The van der Waals surface area contributed by atoms with Crippen LogP contribution in [0.5, 0.6) is 5.75 Å². The molecule has 1 saturated carbocycles. The second-order valence-electron chi connectivity index (χ2n) is 5.22. The van der Waals surface area contributed by atoms with Crippen LogP contribution in [0.2, 0.25) is 0 Å². The number of rotatable bonds is 5. The summed E-state index contributed by atoms with van der Waals surface area (Å²) in [6, 6.07) is 2.72. The first-order valence-corrected chi connectivity index (χ1v) is 6.68. The van der Waals surface area contributed by atoms with Crippen LogP contribution in [0.25, 0.3) is 0 Å². The molecular weight excluding hydrogens is 212 g/mol. The maximum atomic E-state index is 5.77. The average molecular weight is 232 g/mol. The van der Waals surface area contributed by atoms with E-state index < -0.39 is 0 Å². The molecule has 1 aliphatic carbocycles. The molecule has 1 aromatic heterocycles. The molecule has 2 heterocycles. The monoisotopic (exact) mass is 232 g/mol. The van der Waals surface area contributed by atoms with Gasteiger partial charge in [-0.2, -0.15) is 0 Å². The number of ether oxygens (including phenoxy) is 1. The molecule has 1 N–H and O–H groups in total. The molecule has 0 radical (unpaired) electrons. The van der Waals surface area contributed by atoms with E-state index in [0.717, 1.165) is 30.7 Å². The minimum atomic E-state index is 0.544. The van der Waals surface area contributed by atoms with Gasteiger partial charge in [0, 0.05) is 12.2 Å². The lowest BCUT2D eigenvalue weighted by molar-refractivity contribution is 0.217. The predicted molar refractivity (Wildman–Crippen MR) is 67.3 cm³/mol. The van der Waals surface area contributed by atoms with Crippen molar-refractivity contribution in [3.8, 4) is 5.75 Å². The van der Waals surface area contributed by atoms with Crippen LogP contribution in [-0.4, -0.2) is 24.2 Å². The molecule has 1 aliphatic heterocycles. The van der Waals surface area contributed by atoms with Crippen LogP contribution in [0.3, 0.4) is 0 Å². The van der Waals surface area contributed by atoms with Crippen LogP contribution in [-0.2, 0) is 0 Å². The van der Waals surface area contributed by atoms with Crippen molar-refractivity contribution in [1.29, 1.82) is 0 Å². The first kappa shape index (κ1) is 11.0. The molecule has 2 fully saturated rings. The summed E-state index contributed by atoms with van der Waals surface area (Å²) >= 11 is 0. The summed E-state index contributed by atoms with van der Waals surface area (Å²) in [6.07, 6.45) is 7.65.